The van der Waals surface area contributed by atoms with Crippen LogP contribution in [0.1, 0.15) is 36.9 Å². The number of nitrogens with zero attached hydrogens (tertiary/aromatic N) is 1. The second-order valence-corrected chi connectivity index (χ2v) is 7.09. The van der Waals surface area contributed by atoms with Crippen molar-refractivity contribution in [3.63, 3.8) is 0 Å². The number of hydrogen-bond donors (Lipinski definition) is 1. The van der Waals surface area contributed by atoms with Crippen molar-refractivity contribution in [1.82, 2.24) is 10.3 Å². The van der Waals surface area contributed by atoms with Crippen molar-refractivity contribution in [2.75, 3.05) is 6.54 Å². The molecule has 1 aromatic carbocycles. The molecule has 0 amide bonds. The summed E-state index contributed by atoms with van der Waals surface area (Å²) in [6, 6.07) is 6.16. The Morgan fingerprint density at radius 3 is 2.85 bits per heavy atom. The molecule has 0 spiro atoms. The highest BCUT2D eigenvalue weighted by molar-refractivity contribution is 9.10. The number of aromatic nitrogens is 1. The number of benzene rings is 1. The maximum atomic E-state index is 5.99. The van der Waals surface area contributed by atoms with Crippen LogP contribution in [0.5, 0.6) is 0 Å². The maximum Gasteiger partial charge on any atom is 0.125 e. The fourth-order valence-corrected chi connectivity index (χ4v) is 4.18. The molecule has 0 bridgehead atoms. The first-order chi connectivity index (χ1) is 9.52. The lowest BCUT2D eigenvalue weighted by atomic mass is 10.2. The van der Waals surface area contributed by atoms with Gasteiger partial charge in [0.1, 0.15) is 5.01 Å². The van der Waals surface area contributed by atoms with E-state index in [1.54, 1.807) is 11.3 Å². The number of aryl methyl sites for hydroxylation is 1. The summed E-state index contributed by atoms with van der Waals surface area (Å²) >= 11 is 11.3. The lowest BCUT2D eigenvalue weighted by Gasteiger charge is -2.11. The summed E-state index contributed by atoms with van der Waals surface area (Å²) in [7, 11) is 0. The highest BCUT2D eigenvalue weighted by Crippen LogP contribution is 2.36. The molecule has 5 heteroatoms. The first-order valence-electron chi connectivity index (χ1n) is 6.69. The van der Waals surface area contributed by atoms with Crippen LogP contribution >= 0.6 is 38.9 Å². The highest BCUT2D eigenvalue weighted by Gasteiger charge is 2.16. The van der Waals surface area contributed by atoms with Gasteiger partial charge >= 0.3 is 0 Å². The van der Waals surface area contributed by atoms with Gasteiger partial charge in [-0.15, -0.1) is 11.3 Å². The molecule has 1 atom stereocenters. The molecule has 0 saturated heterocycles. The summed E-state index contributed by atoms with van der Waals surface area (Å²) in [5.74, 6) is 0. The van der Waals surface area contributed by atoms with E-state index in [4.69, 9.17) is 16.6 Å². The predicted octanol–water partition coefficient (Wildman–Crippen LogP) is 5.60. The molecule has 2 rings (SSSR count). The molecule has 0 aliphatic heterocycles. The smallest absolute Gasteiger partial charge is 0.125 e. The van der Waals surface area contributed by atoms with E-state index in [2.05, 4.69) is 42.0 Å². The van der Waals surface area contributed by atoms with Crippen molar-refractivity contribution >= 4 is 38.9 Å². The van der Waals surface area contributed by atoms with Crippen LogP contribution in [0.15, 0.2) is 22.7 Å². The predicted molar refractivity (Wildman–Crippen MR) is 91.7 cm³/mol. The van der Waals surface area contributed by atoms with Crippen LogP contribution in [0.4, 0.5) is 0 Å². The van der Waals surface area contributed by atoms with E-state index in [0.29, 0.717) is 6.04 Å². The topological polar surface area (TPSA) is 24.9 Å². The van der Waals surface area contributed by atoms with Gasteiger partial charge in [0.2, 0.25) is 0 Å². The van der Waals surface area contributed by atoms with Crippen molar-refractivity contribution in [3.05, 3.63) is 38.3 Å². The van der Waals surface area contributed by atoms with Gasteiger partial charge in [0.25, 0.3) is 0 Å². The molecule has 20 heavy (non-hydrogen) atoms. The van der Waals surface area contributed by atoms with E-state index in [0.717, 1.165) is 38.7 Å². The van der Waals surface area contributed by atoms with Crippen molar-refractivity contribution in [1.29, 1.82) is 0 Å². The van der Waals surface area contributed by atoms with Crippen LogP contribution in [-0.2, 0) is 0 Å². The lowest BCUT2D eigenvalue weighted by Crippen LogP contribution is -2.18. The standard InChI is InChI=1S/C15H18BrClN2S/c1-4-7-18-9(2)14-10(3)19-15(20-14)12-6-5-11(17)8-13(12)16/h5-6,8-9,18H,4,7H2,1-3H3. The molecule has 1 heterocycles. The van der Waals surface area contributed by atoms with Crippen molar-refractivity contribution in [2.24, 2.45) is 0 Å². The summed E-state index contributed by atoms with van der Waals surface area (Å²) in [6.07, 6.45) is 1.14. The molecule has 0 aliphatic carbocycles. The molecule has 2 nitrogen and oxygen atoms in total. The third-order valence-electron chi connectivity index (χ3n) is 3.09. The third-order valence-corrected chi connectivity index (χ3v) is 5.35. The monoisotopic (exact) mass is 372 g/mol. The van der Waals surface area contributed by atoms with Crippen LogP contribution < -0.4 is 5.32 Å². The molecule has 0 aliphatic rings. The van der Waals surface area contributed by atoms with Crippen molar-refractivity contribution in [3.8, 4) is 10.6 Å². The number of nitrogens with one attached hydrogen (secondary N) is 1. The van der Waals surface area contributed by atoms with Gasteiger partial charge in [0, 0.05) is 26.0 Å². The summed E-state index contributed by atoms with van der Waals surface area (Å²) in [5.41, 5.74) is 2.19. The minimum absolute atomic E-state index is 0.340. The molecule has 108 valence electrons. The normalized spacial score (nSPS) is 12.7. The minimum Gasteiger partial charge on any atom is -0.309 e. The van der Waals surface area contributed by atoms with Gasteiger partial charge in [-0.3, -0.25) is 0 Å². The van der Waals surface area contributed by atoms with Gasteiger partial charge in [-0.2, -0.15) is 0 Å². The minimum atomic E-state index is 0.340. The molecule has 0 fully saturated rings. The zero-order valence-corrected chi connectivity index (χ0v) is 15.0. The molecule has 1 N–H and O–H groups in total. The molecule has 0 saturated carbocycles. The van der Waals surface area contributed by atoms with E-state index < -0.39 is 0 Å². The Balaban J connectivity index is 2.30. The summed E-state index contributed by atoms with van der Waals surface area (Å²) in [5, 5.41) is 5.28. The van der Waals surface area contributed by atoms with Gasteiger partial charge in [-0.25, -0.2) is 4.98 Å². The Hall–Kier alpha value is -0.420. The number of rotatable bonds is 5. The Kier molecular flexibility index (Phi) is 5.61. The van der Waals surface area contributed by atoms with E-state index in [1.165, 1.54) is 4.88 Å². The van der Waals surface area contributed by atoms with Gasteiger partial charge in [-0.05, 0) is 45.0 Å². The average Bonchev–Trinajstić information content (AvgIpc) is 2.78. The van der Waals surface area contributed by atoms with Crippen LogP contribution in [-0.4, -0.2) is 11.5 Å². The van der Waals surface area contributed by atoms with Crippen molar-refractivity contribution in [2.45, 2.75) is 33.2 Å². The molecule has 0 radical (unpaired) electrons. The van der Waals surface area contributed by atoms with Crippen molar-refractivity contribution < 1.29 is 0 Å². The molecule has 1 unspecified atom stereocenters. The zero-order chi connectivity index (χ0) is 14.7. The molecular formula is C15H18BrClN2S. The maximum absolute atomic E-state index is 5.99. The number of thiazole rings is 1. The fraction of sp³-hybridized carbons (Fsp3) is 0.400. The second kappa shape index (κ2) is 7.03. The van der Waals surface area contributed by atoms with Crippen LogP contribution in [0.2, 0.25) is 5.02 Å². The van der Waals surface area contributed by atoms with E-state index >= 15 is 0 Å². The Labute approximate surface area is 137 Å². The Bertz CT molecular complexity index is 598. The first-order valence-corrected chi connectivity index (χ1v) is 8.67. The van der Waals surface area contributed by atoms with Crippen LogP contribution in [0.25, 0.3) is 10.6 Å². The van der Waals surface area contributed by atoms with Crippen LogP contribution in [0, 0.1) is 6.92 Å². The SMILES string of the molecule is CCCNC(C)c1sc(-c2ccc(Cl)cc2Br)nc1C. The number of hydrogen-bond acceptors (Lipinski definition) is 3. The lowest BCUT2D eigenvalue weighted by molar-refractivity contribution is 0.575. The highest BCUT2D eigenvalue weighted by atomic mass is 79.9. The molecule has 1 aromatic heterocycles. The summed E-state index contributed by atoms with van der Waals surface area (Å²) in [4.78, 5) is 6.01. The zero-order valence-electron chi connectivity index (χ0n) is 11.8. The largest absolute Gasteiger partial charge is 0.309 e. The van der Waals surface area contributed by atoms with Crippen LogP contribution in [0.3, 0.4) is 0 Å². The van der Waals surface area contributed by atoms with Gasteiger partial charge in [0.15, 0.2) is 0 Å². The average molecular weight is 374 g/mol. The van der Waals surface area contributed by atoms with Gasteiger partial charge in [-0.1, -0.05) is 34.5 Å². The van der Waals surface area contributed by atoms with Gasteiger partial charge in [0.05, 0.1) is 5.69 Å². The number of halogens is 2. The van der Waals surface area contributed by atoms with E-state index in [9.17, 15) is 0 Å². The molecular weight excluding hydrogens is 356 g/mol. The van der Waals surface area contributed by atoms with Gasteiger partial charge < -0.3 is 5.32 Å². The van der Waals surface area contributed by atoms with E-state index in [1.807, 2.05) is 18.2 Å². The fourth-order valence-electron chi connectivity index (χ4n) is 2.04. The Morgan fingerprint density at radius 2 is 2.20 bits per heavy atom. The summed E-state index contributed by atoms with van der Waals surface area (Å²) < 4.78 is 0.986. The van der Waals surface area contributed by atoms with E-state index in [-0.39, 0.29) is 0 Å². The molecule has 2 aromatic rings. The third kappa shape index (κ3) is 3.61. The quantitative estimate of drug-likeness (QED) is 0.738. The Morgan fingerprint density at radius 1 is 1.45 bits per heavy atom. The second-order valence-electron chi connectivity index (χ2n) is 4.77. The first kappa shape index (κ1) is 16.0. The summed E-state index contributed by atoms with van der Waals surface area (Å²) in [6.45, 7) is 7.47.